The van der Waals surface area contributed by atoms with Crippen molar-refractivity contribution in [2.24, 2.45) is 0 Å². The standard InChI is InChI=1S/C94H170O26/c1-9-13-17-20-23-26-29-32-35-38-43-48-54-60-71(95)107-64-70-76(100)77(101)80(104)91(113-70)120-88-85(117-90-81(105)79(103)83(66(6)109-90)114-72(96)61-55-49-44-39-36-33-30-27-24-21-18-14-10-2)68(8)111-94(89(88)116-74(98)63-57-50-45-40-37-34-31-28-25-22-19-15-11-3)118-84-67(7)110-92-82(106)86(84)115-73(97)62-56-51-46-41-42-47-53-59-69(58-52-16-12-4)112-93-87(119-92)78(102)75(99)65(5)108-93/h65-70,75-94,99-106H,9-64H2,1-8H3/t65-,66+,67+,68+,69-,70+,75-,76+,77-,78+,79+,80+,81+,82+,83+,84-,85+,86-,87-,88-,89+,90-,91-,92-,93+,94-/m1/s1. The van der Waals surface area contributed by atoms with Gasteiger partial charge in [-0.1, -0.05) is 317 Å². The summed E-state index contributed by atoms with van der Waals surface area (Å²) in [6, 6.07) is 0. The molecule has 0 amide bonds. The minimum absolute atomic E-state index is 0.0499. The van der Waals surface area contributed by atoms with Crippen molar-refractivity contribution < 1.29 is 126 Å². The Kier molecular flexibility index (Phi) is 55.1. The van der Waals surface area contributed by atoms with Crippen LogP contribution in [0, 0.1) is 0 Å². The second-order valence-electron chi connectivity index (χ2n) is 36.0. The van der Waals surface area contributed by atoms with Crippen LogP contribution in [0.3, 0.4) is 0 Å². The summed E-state index contributed by atoms with van der Waals surface area (Å²) >= 11 is 0. The topological polar surface area (TPSA) is 359 Å². The van der Waals surface area contributed by atoms with Crippen LogP contribution in [0.1, 0.15) is 409 Å². The van der Waals surface area contributed by atoms with Crippen molar-refractivity contribution in [3.8, 4) is 0 Å². The number of carbonyl (C=O) groups excluding carboxylic acids is 4. The first-order chi connectivity index (χ1) is 58.1. The van der Waals surface area contributed by atoms with Gasteiger partial charge in [0, 0.05) is 25.7 Å². The van der Waals surface area contributed by atoms with Gasteiger partial charge in [-0.2, -0.15) is 0 Å². The Morgan fingerprint density at radius 2 is 0.708 bits per heavy atom. The van der Waals surface area contributed by atoms with E-state index in [0.717, 1.165) is 141 Å². The lowest BCUT2D eigenvalue weighted by Gasteiger charge is -2.51. The molecule has 6 fully saturated rings. The van der Waals surface area contributed by atoms with Crippen LogP contribution in [0.4, 0.5) is 0 Å². The van der Waals surface area contributed by atoms with Gasteiger partial charge in [0.2, 0.25) is 0 Å². The van der Waals surface area contributed by atoms with Crippen molar-refractivity contribution in [2.45, 2.75) is 568 Å². The van der Waals surface area contributed by atoms with Crippen molar-refractivity contribution in [2.75, 3.05) is 6.61 Å². The number of esters is 4. The van der Waals surface area contributed by atoms with Crippen molar-refractivity contribution in [1.29, 1.82) is 0 Å². The number of ether oxygens (including phenoxy) is 14. The first kappa shape index (κ1) is 106. The first-order valence-electron chi connectivity index (χ1n) is 48.9. The van der Waals surface area contributed by atoms with E-state index in [0.29, 0.717) is 44.9 Å². The van der Waals surface area contributed by atoms with Gasteiger partial charge in [-0.25, -0.2) is 0 Å². The molecule has 26 nitrogen and oxygen atoms in total. The lowest BCUT2D eigenvalue weighted by atomic mass is 9.95. The highest BCUT2D eigenvalue weighted by Gasteiger charge is 2.59. The lowest BCUT2D eigenvalue weighted by molar-refractivity contribution is -0.400. The van der Waals surface area contributed by atoms with E-state index < -0.39 is 184 Å². The Morgan fingerprint density at radius 1 is 0.317 bits per heavy atom. The van der Waals surface area contributed by atoms with Gasteiger partial charge < -0.3 is 107 Å². The van der Waals surface area contributed by atoms with Crippen LogP contribution in [0.25, 0.3) is 0 Å². The van der Waals surface area contributed by atoms with E-state index in [1.165, 1.54) is 148 Å². The Balaban J connectivity index is 1.29. The second kappa shape index (κ2) is 62.4. The molecule has 26 heteroatoms. The van der Waals surface area contributed by atoms with E-state index in [4.69, 9.17) is 66.3 Å². The number of aliphatic hydroxyl groups is 8. The van der Waals surface area contributed by atoms with Gasteiger partial charge >= 0.3 is 23.9 Å². The molecule has 120 heavy (non-hydrogen) atoms. The fourth-order valence-electron chi connectivity index (χ4n) is 17.7. The van der Waals surface area contributed by atoms with E-state index >= 15 is 0 Å². The van der Waals surface area contributed by atoms with Crippen LogP contribution in [-0.4, -0.2) is 231 Å². The molecular formula is C94H170O26. The molecule has 0 aromatic heterocycles. The van der Waals surface area contributed by atoms with E-state index in [1.807, 2.05) is 0 Å². The fraction of sp³-hybridized carbons (Fsp3) is 0.957. The Morgan fingerprint density at radius 3 is 1.22 bits per heavy atom. The average molecular weight is 1720 g/mol. The number of aliphatic hydroxyl groups excluding tert-OH is 8. The largest absolute Gasteiger partial charge is 0.463 e. The molecule has 0 unspecified atom stereocenters. The molecule has 702 valence electrons. The predicted octanol–water partition coefficient (Wildman–Crippen LogP) is 16.3. The summed E-state index contributed by atoms with van der Waals surface area (Å²) in [5, 5.41) is 95.6. The van der Waals surface area contributed by atoms with Crippen LogP contribution in [0.2, 0.25) is 0 Å². The molecule has 6 aliphatic heterocycles. The van der Waals surface area contributed by atoms with Gasteiger partial charge in [0.15, 0.2) is 49.8 Å². The number of hydrogen-bond donors (Lipinski definition) is 8. The van der Waals surface area contributed by atoms with Gasteiger partial charge in [-0.15, -0.1) is 0 Å². The zero-order valence-corrected chi connectivity index (χ0v) is 75.5. The molecule has 0 saturated carbocycles. The molecule has 0 aliphatic carbocycles. The fourth-order valence-corrected chi connectivity index (χ4v) is 17.7. The SMILES string of the molecule is CCCCCCCCCCCCCCCC(=O)OC[C@@H]1O[C@H](O[C@H]2[C@H](OC(=O)CCCCCCCCCCCCCCC)[C@@H](O[C@H]3[C@@H]4OC(=O)CCCCCCCCC[C@@H](CCCCC)O[C@@H]5O[C@H](C)[C@@H](O)[C@H](O)[C@H]5O[C@@H](O[C@H]3C)[C@H]4O)O[C@@H](C)[C@@H]2O[C@H]2O[C@@H](C)[C@H](OC(=O)CCCCCCCCCCCCCCC)[C@@H](O)[C@@H]2O)[C@@H](O)[C@H](O)[C@H]1O. The molecule has 6 rings (SSSR count). The van der Waals surface area contributed by atoms with Crippen molar-refractivity contribution >= 4 is 23.9 Å². The number of rotatable bonds is 56. The first-order valence-corrected chi connectivity index (χ1v) is 48.9. The highest BCUT2D eigenvalue weighted by Crippen LogP contribution is 2.40. The normalized spacial score (nSPS) is 33.1. The second-order valence-corrected chi connectivity index (χ2v) is 36.0. The zero-order chi connectivity index (χ0) is 86.8. The summed E-state index contributed by atoms with van der Waals surface area (Å²) in [5.41, 5.74) is 0. The van der Waals surface area contributed by atoms with E-state index in [2.05, 4.69) is 27.7 Å². The Hall–Kier alpha value is -2.84. The third kappa shape index (κ3) is 39.0. The van der Waals surface area contributed by atoms with Gasteiger partial charge in [-0.3, -0.25) is 19.2 Å². The number of unbranched alkanes of at least 4 members (excludes halogenated alkanes) is 38. The Labute approximate surface area is 721 Å². The van der Waals surface area contributed by atoms with Crippen molar-refractivity contribution in [3.63, 3.8) is 0 Å². The number of fused-ring (bicyclic) bond motifs is 3. The van der Waals surface area contributed by atoms with Gasteiger partial charge in [-0.05, 0) is 66.2 Å². The highest BCUT2D eigenvalue weighted by molar-refractivity contribution is 5.70. The van der Waals surface area contributed by atoms with Gasteiger partial charge in [0.1, 0.15) is 86.0 Å². The average Bonchev–Trinajstić information content (AvgIpc) is 0.754. The highest BCUT2D eigenvalue weighted by atomic mass is 16.8. The molecule has 6 aliphatic rings. The van der Waals surface area contributed by atoms with E-state index in [-0.39, 0.29) is 31.8 Å². The molecule has 6 heterocycles. The van der Waals surface area contributed by atoms with E-state index in [9.17, 15) is 60.0 Å². The third-order valence-corrected chi connectivity index (χ3v) is 25.4. The maximum absolute atomic E-state index is 14.9. The van der Waals surface area contributed by atoms with Gasteiger partial charge in [0.05, 0.1) is 30.5 Å². The van der Waals surface area contributed by atoms with Crippen molar-refractivity contribution in [3.05, 3.63) is 0 Å². The quantitative estimate of drug-likeness (QED) is 0.0159. The monoisotopic (exact) mass is 1720 g/mol. The summed E-state index contributed by atoms with van der Waals surface area (Å²) in [5.74, 6) is -2.63. The van der Waals surface area contributed by atoms with Crippen LogP contribution in [0.5, 0.6) is 0 Å². The van der Waals surface area contributed by atoms with Crippen LogP contribution in [-0.2, 0) is 85.5 Å². The summed E-state index contributed by atoms with van der Waals surface area (Å²) < 4.78 is 90.5. The molecule has 2 bridgehead atoms. The lowest BCUT2D eigenvalue weighted by Crippen LogP contribution is -2.68. The smallest absolute Gasteiger partial charge is 0.306 e. The minimum atomic E-state index is -2.06. The number of carbonyl (C=O) groups is 4. The maximum Gasteiger partial charge on any atom is 0.306 e. The zero-order valence-electron chi connectivity index (χ0n) is 75.5. The maximum atomic E-state index is 14.9. The van der Waals surface area contributed by atoms with Crippen LogP contribution in [0.15, 0.2) is 0 Å². The predicted molar refractivity (Wildman–Crippen MR) is 456 cm³/mol. The Bertz CT molecular complexity index is 2630. The minimum Gasteiger partial charge on any atom is -0.463 e. The molecule has 26 atom stereocenters. The van der Waals surface area contributed by atoms with Crippen LogP contribution < -0.4 is 0 Å². The van der Waals surface area contributed by atoms with Gasteiger partial charge in [0.25, 0.3) is 0 Å². The van der Waals surface area contributed by atoms with E-state index in [1.54, 1.807) is 20.8 Å². The summed E-state index contributed by atoms with van der Waals surface area (Å²) in [6.45, 7) is 14.5. The summed E-state index contributed by atoms with van der Waals surface area (Å²) in [4.78, 5) is 56.2. The molecule has 8 N–H and O–H groups in total. The number of hydrogen-bond acceptors (Lipinski definition) is 26. The van der Waals surface area contributed by atoms with Crippen molar-refractivity contribution in [1.82, 2.24) is 0 Å². The summed E-state index contributed by atoms with van der Waals surface area (Å²) in [7, 11) is 0. The molecule has 0 aromatic carbocycles. The molecule has 0 spiro atoms. The molecule has 0 aromatic rings. The summed E-state index contributed by atoms with van der Waals surface area (Å²) in [6.07, 6.45) is 12.2. The molecule has 0 radical (unpaired) electrons. The molecule has 6 saturated heterocycles. The van der Waals surface area contributed by atoms with Crippen LogP contribution >= 0.6 is 0 Å². The molecular weight excluding hydrogens is 1550 g/mol. The third-order valence-electron chi connectivity index (χ3n) is 25.4.